The Labute approximate surface area is 122 Å². The minimum atomic E-state index is -1.13. The van der Waals surface area contributed by atoms with Crippen molar-refractivity contribution < 1.29 is 19.2 Å². The molecule has 0 radical (unpaired) electrons. The summed E-state index contributed by atoms with van der Waals surface area (Å²) in [5.41, 5.74) is 0.749. The Morgan fingerprint density at radius 3 is 2.80 bits per heavy atom. The van der Waals surface area contributed by atoms with Gasteiger partial charge in [-0.1, -0.05) is 11.2 Å². The average molecular weight is 340 g/mol. The third-order valence-electron chi connectivity index (χ3n) is 2.40. The van der Waals surface area contributed by atoms with Crippen molar-refractivity contribution in [1.82, 2.24) is 10.5 Å². The zero-order valence-corrected chi connectivity index (χ0v) is 11.7. The van der Waals surface area contributed by atoms with Crippen LogP contribution in [0.1, 0.15) is 16.1 Å². The fourth-order valence-electron chi connectivity index (χ4n) is 1.49. The smallest absolute Gasteiger partial charge is 0.337 e. The number of urea groups is 1. The van der Waals surface area contributed by atoms with Gasteiger partial charge in [0.1, 0.15) is 12.0 Å². The molecule has 0 unspecified atom stereocenters. The molecule has 0 fully saturated rings. The lowest BCUT2D eigenvalue weighted by Gasteiger charge is -2.11. The molecule has 0 saturated heterocycles. The van der Waals surface area contributed by atoms with Crippen molar-refractivity contribution >= 4 is 33.6 Å². The van der Waals surface area contributed by atoms with Crippen LogP contribution in [0.2, 0.25) is 0 Å². The Kier molecular flexibility index (Phi) is 4.36. The fourth-order valence-corrected chi connectivity index (χ4v) is 1.95. The van der Waals surface area contributed by atoms with E-state index in [0.29, 0.717) is 10.2 Å². The molecular weight excluding hydrogens is 330 g/mol. The molecule has 1 aromatic heterocycles. The second kappa shape index (κ2) is 6.20. The van der Waals surface area contributed by atoms with Crippen LogP contribution in [0.3, 0.4) is 0 Å². The Morgan fingerprint density at radius 1 is 1.35 bits per heavy atom. The highest BCUT2D eigenvalue weighted by Gasteiger charge is 2.15. The Balaban J connectivity index is 2.06. The number of anilines is 1. The lowest BCUT2D eigenvalue weighted by Crippen LogP contribution is -2.29. The fraction of sp³-hybridized carbons (Fsp3) is 0.0833. The highest BCUT2D eigenvalue weighted by Crippen LogP contribution is 2.26. The monoisotopic (exact) mass is 339 g/mol. The van der Waals surface area contributed by atoms with Crippen LogP contribution < -0.4 is 10.6 Å². The quantitative estimate of drug-likeness (QED) is 0.793. The van der Waals surface area contributed by atoms with Crippen molar-refractivity contribution in [1.29, 1.82) is 0 Å². The van der Waals surface area contributed by atoms with Crippen LogP contribution in [0.25, 0.3) is 0 Å². The first-order valence-electron chi connectivity index (χ1n) is 5.54. The molecule has 0 aliphatic carbocycles. The van der Waals surface area contributed by atoms with Crippen LogP contribution in [0.15, 0.2) is 39.5 Å². The van der Waals surface area contributed by atoms with Crippen molar-refractivity contribution in [3.8, 4) is 0 Å². The van der Waals surface area contributed by atoms with Crippen molar-refractivity contribution in [3.63, 3.8) is 0 Å². The number of nitrogens with zero attached hydrogens (tertiary/aromatic N) is 1. The van der Waals surface area contributed by atoms with Gasteiger partial charge >= 0.3 is 12.0 Å². The first-order chi connectivity index (χ1) is 9.58. The third kappa shape index (κ3) is 3.35. The first-order valence-corrected chi connectivity index (χ1v) is 6.33. The summed E-state index contributed by atoms with van der Waals surface area (Å²) in [5, 5.41) is 17.7. The van der Waals surface area contributed by atoms with Gasteiger partial charge in [0.25, 0.3) is 0 Å². The van der Waals surface area contributed by atoms with Crippen LogP contribution in [0, 0.1) is 0 Å². The molecule has 1 heterocycles. The van der Waals surface area contributed by atoms with Gasteiger partial charge in [-0.2, -0.15) is 0 Å². The highest BCUT2D eigenvalue weighted by molar-refractivity contribution is 9.10. The number of amides is 2. The van der Waals surface area contributed by atoms with Gasteiger partial charge < -0.3 is 20.3 Å². The predicted octanol–water partition coefficient (Wildman–Crippen LogP) is 2.46. The number of carboxylic acids is 1. The van der Waals surface area contributed by atoms with Crippen LogP contribution in [0.4, 0.5) is 10.5 Å². The number of aromatic nitrogens is 1. The molecule has 20 heavy (non-hydrogen) atoms. The predicted molar refractivity (Wildman–Crippen MR) is 73.5 cm³/mol. The Bertz CT molecular complexity index is 628. The standard InChI is InChI=1S/C12H10BrN3O4/c13-9-3-1-2-8(11(17)18)10(9)15-12(19)14-6-7-4-5-20-16-7/h1-5H,6H2,(H,17,18)(H2,14,15,19). The van der Waals surface area contributed by atoms with E-state index in [9.17, 15) is 9.59 Å². The van der Waals surface area contributed by atoms with E-state index in [0.717, 1.165) is 0 Å². The molecule has 0 aliphatic heterocycles. The summed E-state index contributed by atoms with van der Waals surface area (Å²) in [7, 11) is 0. The van der Waals surface area contributed by atoms with Gasteiger partial charge in [-0.25, -0.2) is 9.59 Å². The summed E-state index contributed by atoms with van der Waals surface area (Å²) in [6, 6.07) is 5.69. The van der Waals surface area contributed by atoms with E-state index < -0.39 is 12.0 Å². The minimum Gasteiger partial charge on any atom is -0.478 e. The number of hydrogen-bond acceptors (Lipinski definition) is 4. The zero-order chi connectivity index (χ0) is 14.5. The molecule has 0 spiro atoms. The van der Waals surface area contributed by atoms with Crippen LogP contribution in [-0.4, -0.2) is 22.3 Å². The van der Waals surface area contributed by atoms with E-state index in [-0.39, 0.29) is 17.8 Å². The molecule has 2 rings (SSSR count). The number of halogens is 1. The van der Waals surface area contributed by atoms with Crippen LogP contribution in [0.5, 0.6) is 0 Å². The maximum absolute atomic E-state index is 11.7. The number of carbonyl (C=O) groups is 2. The topological polar surface area (TPSA) is 104 Å². The molecular formula is C12H10BrN3O4. The van der Waals surface area contributed by atoms with Crippen molar-refractivity contribution in [2.45, 2.75) is 6.54 Å². The Hall–Kier alpha value is -2.35. The molecule has 2 amide bonds. The molecule has 3 N–H and O–H groups in total. The summed E-state index contributed by atoms with van der Waals surface area (Å²) in [6.45, 7) is 0.176. The number of benzene rings is 1. The van der Waals surface area contributed by atoms with Gasteiger partial charge in [0.2, 0.25) is 0 Å². The number of hydrogen-bond donors (Lipinski definition) is 3. The van der Waals surface area contributed by atoms with Gasteiger partial charge in [0, 0.05) is 10.5 Å². The minimum absolute atomic E-state index is 0.00374. The molecule has 0 saturated carbocycles. The van der Waals surface area contributed by atoms with Gasteiger partial charge in [0.15, 0.2) is 0 Å². The van der Waals surface area contributed by atoms with Gasteiger partial charge in [-0.05, 0) is 28.1 Å². The zero-order valence-electron chi connectivity index (χ0n) is 10.1. The van der Waals surface area contributed by atoms with Crippen LogP contribution >= 0.6 is 15.9 Å². The van der Waals surface area contributed by atoms with E-state index in [1.165, 1.54) is 12.3 Å². The van der Waals surface area contributed by atoms with Gasteiger partial charge in [0.05, 0.1) is 17.8 Å². The van der Waals surface area contributed by atoms with Gasteiger partial charge in [-0.15, -0.1) is 0 Å². The summed E-state index contributed by atoms with van der Waals surface area (Å²) < 4.78 is 5.11. The number of rotatable bonds is 4. The maximum Gasteiger partial charge on any atom is 0.337 e. The van der Waals surface area contributed by atoms with Crippen molar-refractivity contribution in [3.05, 3.63) is 46.3 Å². The summed E-state index contributed by atoms with van der Waals surface area (Å²) in [6.07, 6.45) is 1.39. The summed E-state index contributed by atoms with van der Waals surface area (Å²) >= 11 is 3.20. The number of para-hydroxylation sites is 1. The molecule has 0 bridgehead atoms. The number of carboxylic acid groups (broad SMARTS) is 1. The Morgan fingerprint density at radius 2 is 2.15 bits per heavy atom. The number of aromatic carboxylic acids is 1. The largest absolute Gasteiger partial charge is 0.478 e. The normalized spacial score (nSPS) is 10.1. The van der Waals surface area contributed by atoms with E-state index >= 15 is 0 Å². The first kappa shape index (κ1) is 14.1. The lowest BCUT2D eigenvalue weighted by molar-refractivity contribution is 0.0698. The highest BCUT2D eigenvalue weighted by atomic mass is 79.9. The number of nitrogens with one attached hydrogen (secondary N) is 2. The molecule has 0 atom stereocenters. The van der Waals surface area contributed by atoms with E-state index in [2.05, 4.69) is 36.2 Å². The van der Waals surface area contributed by atoms with Crippen molar-refractivity contribution in [2.75, 3.05) is 5.32 Å². The molecule has 0 aliphatic rings. The molecule has 104 valence electrons. The van der Waals surface area contributed by atoms with E-state index in [1.807, 2.05) is 0 Å². The third-order valence-corrected chi connectivity index (χ3v) is 3.06. The van der Waals surface area contributed by atoms with Gasteiger partial charge in [-0.3, -0.25) is 0 Å². The van der Waals surface area contributed by atoms with E-state index in [4.69, 9.17) is 5.11 Å². The average Bonchev–Trinajstić information content (AvgIpc) is 2.91. The molecule has 7 nitrogen and oxygen atoms in total. The molecule has 1 aromatic carbocycles. The summed E-state index contributed by atoms with van der Waals surface area (Å²) in [5.74, 6) is -1.13. The molecule has 2 aromatic rings. The van der Waals surface area contributed by atoms with E-state index in [1.54, 1.807) is 18.2 Å². The summed E-state index contributed by atoms with van der Waals surface area (Å²) in [4.78, 5) is 22.8. The second-order valence-electron chi connectivity index (χ2n) is 3.77. The maximum atomic E-state index is 11.7. The second-order valence-corrected chi connectivity index (χ2v) is 4.62. The molecule has 8 heteroatoms. The van der Waals surface area contributed by atoms with Crippen LogP contribution in [-0.2, 0) is 6.54 Å². The SMILES string of the molecule is O=C(NCc1ccon1)Nc1c(Br)cccc1C(=O)O. The van der Waals surface area contributed by atoms with Crippen molar-refractivity contribution in [2.24, 2.45) is 0 Å². The lowest BCUT2D eigenvalue weighted by atomic mass is 10.2. The number of carbonyl (C=O) groups excluding carboxylic acids is 1.